The maximum Gasteiger partial charge on any atom is 0.274 e. The van der Waals surface area contributed by atoms with Crippen molar-refractivity contribution >= 4 is 16.8 Å². The average molecular weight is 409 g/mol. The normalized spacial score (nSPS) is 16.7. The van der Waals surface area contributed by atoms with E-state index in [4.69, 9.17) is 4.74 Å². The van der Waals surface area contributed by atoms with Crippen LogP contribution in [0.5, 0.6) is 0 Å². The monoisotopic (exact) mass is 409 g/mol. The fourth-order valence-corrected chi connectivity index (χ4v) is 3.89. The summed E-state index contributed by atoms with van der Waals surface area (Å²) < 4.78 is 21.6. The Morgan fingerprint density at radius 1 is 1.40 bits per heavy atom. The minimum Gasteiger partial charge on any atom is -0.377 e. The number of aryl methyl sites for hydroxylation is 1. The van der Waals surface area contributed by atoms with E-state index in [2.05, 4.69) is 11.6 Å². The third kappa shape index (κ3) is 3.68. The first kappa shape index (κ1) is 20.1. The maximum absolute atomic E-state index is 14.6. The number of nitrogens with one attached hydrogen (secondary N) is 1. The molecular formula is C23H24FN3O3. The van der Waals surface area contributed by atoms with E-state index in [-0.39, 0.29) is 23.1 Å². The van der Waals surface area contributed by atoms with Gasteiger partial charge in [0.05, 0.1) is 19.3 Å². The van der Waals surface area contributed by atoms with E-state index in [1.165, 1.54) is 12.1 Å². The molecule has 2 aromatic heterocycles. The number of morpholine rings is 1. The summed E-state index contributed by atoms with van der Waals surface area (Å²) in [4.78, 5) is 30.5. The molecule has 1 aliphatic rings. The summed E-state index contributed by atoms with van der Waals surface area (Å²) in [6.07, 6.45) is 5.79. The summed E-state index contributed by atoms with van der Waals surface area (Å²) in [7, 11) is 0. The second-order valence-corrected chi connectivity index (χ2v) is 7.54. The molecule has 4 rings (SSSR count). The minimum absolute atomic E-state index is 0.0739. The van der Waals surface area contributed by atoms with Crippen molar-refractivity contribution in [1.82, 2.24) is 14.5 Å². The number of pyridine rings is 1. The summed E-state index contributed by atoms with van der Waals surface area (Å²) in [5.74, 6) is -0.721. The van der Waals surface area contributed by atoms with Crippen molar-refractivity contribution in [2.75, 3.05) is 19.8 Å². The number of halogens is 1. The molecule has 1 unspecified atom stereocenters. The third-order valence-electron chi connectivity index (χ3n) is 5.46. The smallest absolute Gasteiger partial charge is 0.274 e. The predicted octanol–water partition coefficient (Wildman–Crippen LogP) is 3.57. The number of amides is 1. The van der Waals surface area contributed by atoms with Crippen molar-refractivity contribution in [2.24, 2.45) is 0 Å². The number of allylic oxidation sites excluding steroid dienone is 1. The van der Waals surface area contributed by atoms with Crippen LogP contribution in [-0.4, -0.2) is 46.2 Å². The highest BCUT2D eigenvalue weighted by Crippen LogP contribution is 2.29. The Bertz CT molecular complexity index is 1160. The zero-order valence-electron chi connectivity index (χ0n) is 16.9. The van der Waals surface area contributed by atoms with E-state index in [1.54, 1.807) is 40.1 Å². The Hall–Kier alpha value is -3.19. The number of aromatic amines is 1. The van der Waals surface area contributed by atoms with Gasteiger partial charge in [0.2, 0.25) is 0 Å². The van der Waals surface area contributed by atoms with Crippen molar-refractivity contribution in [3.05, 3.63) is 71.0 Å². The van der Waals surface area contributed by atoms with E-state index in [9.17, 15) is 14.0 Å². The first-order chi connectivity index (χ1) is 14.5. The van der Waals surface area contributed by atoms with Gasteiger partial charge in [0.15, 0.2) is 0 Å². The van der Waals surface area contributed by atoms with Crippen LogP contribution in [0.4, 0.5) is 4.39 Å². The second kappa shape index (κ2) is 8.28. The zero-order chi connectivity index (χ0) is 21.3. The molecule has 6 nitrogen and oxygen atoms in total. The van der Waals surface area contributed by atoms with Crippen LogP contribution < -0.4 is 5.56 Å². The number of carbonyl (C=O) groups excluding carboxylic acids is 1. The first-order valence-corrected chi connectivity index (χ1v) is 10.0. The van der Waals surface area contributed by atoms with Gasteiger partial charge in [-0.25, -0.2) is 4.39 Å². The molecule has 1 atom stereocenters. The van der Waals surface area contributed by atoms with Crippen molar-refractivity contribution in [3.63, 3.8) is 0 Å². The SMILES string of the molecule is C=CCCn1cc(-c2cc(F)cc(C(=O)N3CCOCC3C)c2)c2cc[nH]c2c1=O. The minimum atomic E-state index is -0.496. The van der Waals surface area contributed by atoms with Gasteiger partial charge in [-0.1, -0.05) is 6.08 Å². The molecule has 1 aromatic carbocycles. The third-order valence-corrected chi connectivity index (χ3v) is 5.46. The fourth-order valence-electron chi connectivity index (χ4n) is 3.89. The number of carbonyl (C=O) groups is 1. The van der Waals surface area contributed by atoms with E-state index >= 15 is 0 Å². The molecule has 0 aliphatic carbocycles. The van der Waals surface area contributed by atoms with E-state index in [1.807, 2.05) is 6.92 Å². The van der Waals surface area contributed by atoms with Crippen LogP contribution in [0.3, 0.4) is 0 Å². The lowest BCUT2D eigenvalue weighted by Gasteiger charge is -2.33. The van der Waals surface area contributed by atoms with Gasteiger partial charge in [0.1, 0.15) is 11.3 Å². The largest absolute Gasteiger partial charge is 0.377 e. The molecular weight excluding hydrogens is 385 g/mol. The van der Waals surface area contributed by atoms with Gasteiger partial charge in [0, 0.05) is 42.0 Å². The fraction of sp³-hybridized carbons (Fsp3) is 0.304. The number of benzene rings is 1. The number of rotatable bonds is 5. The number of H-pyrrole nitrogens is 1. The highest BCUT2D eigenvalue weighted by molar-refractivity contribution is 5.98. The van der Waals surface area contributed by atoms with Crippen molar-refractivity contribution in [1.29, 1.82) is 0 Å². The summed E-state index contributed by atoms with van der Waals surface area (Å²) >= 11 is 0. The van der Waals surface area contributed by atoms with Gasteiger partial charge in [0.25, 0.3) is 11.5 Å². The lowest BCUT2D eigenvalue weighted by Crippen LogP contribution is -2.47. The number of fused-ring (bicyclic) bond motifs is 1. The lowest BCUT2D eigenvalue weighted by molar-refractivity contribution is 0.00357. The molecule has 1 amide bonds. The molecule has 7 heteroatoms. The molecule has 3 aromatic rings. The van der Waals surface area contributed by atoms with E-state index in [0.717, 1.165) is 0 Å². The molecule has 0 radical (unpaired) electrons. The zero-order valence-corrected chi connectivity index (χ0v) is 16.9. The molecule has 0 spiro atoms. The van der Waals surface area contributed by atoms with Gasteiger partial charge in [-0.05, 0) is 43.2 Å². The number of nitrogens with zero attached hydrogens (tertiary/aromatic N) is 2. The van der Waals surface area contributed by atoms with Crippen LogP contribution in [-0.2, 0) is 11.3 Å². The topological polar surface area (TPSA) is 67.3 Å². The Balaban J connectivity index is 1.81. The summed E-state index contributed by atoms with van der Waals surface area (Å²) in [5, 5.41) is 0.693. The summed E-state index contributed by atoms with van der Waals surface area (Å²) in [5.41, 5.74) is 1.84. The van der Waals surface area contributed by atoms with Crippen LogP contribution in [0.25, 0.3) is 22.0 Å². The molecule has 1 saturated heterocycles. The van der Waals surface area contributed by atoms with Crippen LogP contribution in [0.1, 0.15) is 23.7 Å². The summed E-state index contributed by atoms with van der Waals surface area (Å²) in [6.45, 7) is 7.50. The van der Waals surface area contributed by atoms with Crippen LogP contribution in [0.15, 0.2) is 54.1 Å². The van der Waals surface area contributed by atoms with Gasteiger partial charge in [-0.3, -0.25) is 9.59 Å². The Kier molecular flexibility index (Phi) is 5.55. The Morgan fingerprint density at radius 2 is 2.23 bits per heavy atom. The first-order valence-electron chi connectivity index (χ1n) is 10.0. The van der Waals surface area contributed by atoms with Gasteiger partial charge >= 0.3 is 0 Å². The molecule has 0 bridgehead atoms. The standard InChI is InChI=1S/C23H24FN3O3/c1-3-4-7-26-13-20(19-5-6-25-21(19)23(26)29)16-10-17(12-18(24)11-16)22(28)27-8-9-30-14-15(27)2/h3,5-6,10-13,15,25H,1,4,7-9,14H2,2H3. The lowest BCUT2D eigenvalue weighted by atomic mass is 10.00. The summed E-state index contributed by atoms with van der Waals surface area (Å²) in [6, 6.07) is 6.06. The number of aromatic nitrogens is 2. The number of hydrogen-bond acceptors (Lipinski definition) is 3. The van der Waals surface area contributed by atoms with Crippen molar-refractivity contribution in [2.45, 2.75) is 25.9 Å². The quantitative estimate of drug-likeness (QED) is 0.655. The van der Waals surface area contributed by atoms with E-state index in [0.29, 0.717) is 54.8 Å². The van der Waals surface area contributed by atoms with Gasteiger partial charge in [-0.2, -0.15) is 0 Å². The molecule has 0 saturated carbocycles. The van der Waals surface area contributed by atoms with Crippen LogP contribution >= 0.6 is 0 Å². The number of hydrogen-bond donors (Lipinski definition) is 1. The van der Waals surface area contributed by atoms with Crippen molar-refractivity contribution in [3.8, 4) is 11.1 Å². The molecule has 30 heavy (non-hydrogen) atoms. The number of ether oxygens (including phenoxy) is 1. The van der Waals surface area contributed by atoms with Crippen LogP contribution in [0.2, 0.25) is 0 Å². The van der Waals surface area contributed by atoms with Gasteiger partial charge < -0.3 is 19.2 Å². The second-order valence-electron chi connectivity index (χ2n) is 7.54. The maximum atomic E-state index is 14.6. The average Bonchev–Trinajstić information content (AvgIpc) is 3.23. The molecule has 1 N–H and O–H groups in total. The highest BCUT2D eigenvalue weighted by atomic mass is 19.1. The molecule has 3 heterocycles. The molecule has 1 fully saturated rings. The highest BCUT2D eigenvalue weighted by Gasteiger charge is 2.25. The van der Waals surface area contributed by atoms with Gasteiger partial charge in [-0.15, -0.1) is 6.58 Å². The van der Waals surface area contributed by atoms with E-state index < -0.39 is 5.82 Å². The Morgan fingerprint density at radius 3 is 3.00 bits per heavy atom. The Labute approximate surface area is 173 Å². The van der Waals surface area contributed by atoms with Crippen LogP contribution in [0, 0.1) is 5.82 Å². The molecule has 156 valence electrons. The molecule has 1 aliphatic heterocycles. The predicted molar refractivity (Wildman–Crippen MR) is 114 cm³/mol. The van der Waals surface area contributed by atoms with Crippen molar-refractivity contribution < 1.29 is 13.9 Å².